The first-order chi connectivity index (χ1) is 9.70. The van der Waals surface area contributed by atoms with E-state index in [1.807, 2.05) is 18.9 Å². The summed E-state index contributed by atoms with van der Waals surface area (Å²) >= 11 is 0. The number of piperidine rings is 1. The summed E-state index contributed by atoms with van der Waals surface area (Å²) in [6, 6.07) is 0.442. The van der Waals surface area contributed by atoms with E-state index in [1.54, 1.807) is 0 Å². The Labute approximate surface area is 123 Å². The number of carbonyl (C=O) groups excluding carboxylic acids is 1. The first-order valence-electron chi connectivity index (χ1n) is 8.32. The molecular weight excluding hydrogens is 252 g/mol. The Morgan fingerprint density at radius 3 is 2.50 bits per heavy atom. The Balaban J connectivity index is 1.81. The second kappa shape index (κ2) is 7.99. The van der Waals surface area contributed by atoms with Gasteiger partial charge in [0.1, 0.15) is 6.10 Å². The van der Waals surface area contributed by atoms with E-state index in [1.165, 1.54) is 25.7 Å². The van der Waals surface area contributed by atoms with Crippen molar-refractivity contribution in [2.75, 3.05) is 20.1 Å². The average molecular weight is 282 g/mol. The van der Waals surface area contributed by atoms with Gasteiger partial charge in [0.25, 0.3) is 5.91 Å². The highest BCUT2D eigenvalue weighted by atomic mass is 16.5. The molecular formula is C16H30N2O2. The quantitative estimate of drug-likeness (QED) is 0.805. The number of rotatable bonds is 4. The Kier molecular flexibility index (Phi) is 6.30. The highest BCUT2D eigenvalue weighted by Crippen LogP contribution is 2.22. The summed E-state index contributed by atoms with van der Waals surface area (Å²) < 4.78 is 6.04. The van der Waals surface area contributed by atoms with Gasteiger partial charge >= 0.3 is 0 Å². The summed E-state index contributed by atoms with van der Waals surface area (Å²) in [5, 5.41) is 3.28. The fourth-order valence-electron chi connectivity index (χ4n) is 3.39. The second-order valence-corrected chi connectivity index (χ2v) is 6.30. The monoisotopic (exact) mass is 282 g/mol. The van der Waals surface area contributed by atoms with Crippen molar-refractivity contribution >= 4 is 5.91 Å². The number of hydrogen-bond acceptors (Lipinski definition) is 3. The molecule has 2 atom stereocenters. The van der Waals surface area contributed by atoms with Crippen LogP contribution in [0.1, 0.15) is 58.3 Å². The molecule has 20 heavy (non-hydrogen) atoms. The maximum Gasteiger partial charge on any atom is 0.251 e. The van der Waals surface area contributed by atoms with Crippen LogP contribution in [0.25, 0.3) is 0 Å². The van der Waals surface area contributed by atoms with Crippen LogP contribution in [0.4, 0.5) is 0 Å². The lowest BCUT2D eigenvalue weighted by atomic mass is 10.1. The molecule has 1 aliphatic carbocycles. The SMILES string of the molecule is CNC1CCCN(C(=O)C(C)OC2CCCCCC2)C1. The number of nitrogens with one attached hydrogen (secondary N) is 1. The summed E-state index contributed by atoms with van der Waals surface area (Å²) in [4.78, 5) is 14.5. The topological polar surface area (TPSA) is 41.6 Å². The van der Waals surface area contributed by atoms with Crippen molar-refractivity contribution in [1.29, 1.82) is 0 Å². The van der Waals surface area contributed by atoms with Crippen LogP contribution in [0.2, 0.25) is 0 Å². The largest absolute Gasteiger partial charge is 0.365 e. The number of amides is 1. The highest BCUT2D eigenvalue weighted by molar-refractivity contribution is 5.80. The predicted octanol–water partition coefficient (Wildman–Crippen LogP) is 2.32. The Morgan fingerprint density at radius 2 is 1.85 bits per heavy atom. The fourth-order valence-corrected chi connectivity index (χ4v) is 3.39. The van der Waals surface area contributed by atoms with Gasteiger partial charge in [-0.15, -0.1) is 0 Å². The molecule has 1 amide bonds. The van der Waals surface area contributed by atoms with Gasteiger partial charge < -0.3 is 15.0 Å². The maximum absolute atomic E-state index is 12.5. The normalized spacial score (nSPS) is 27.1. The van der Waals surface area contributed by atoms with Gasteiger partial charge in [-0.25, -0.2) is 0 Å². The van der Waals surface area contributed by atoms with Gasteiger partial charge in [-0.2, -0.15) is 0 Å². The molecule has 0 aromatic carbocycles. The summed E-state index contributed by atoms with van der Waals surface area (Å²) in [6.07, 6.45) is 9.64. The van der Waals surface area contributed by atoms with E-state index >= 15 is 0 Å². The maximum atomic E-state index is 12.5. The number of hydrogen-bond donors (Lipinski definition) is 1. The van der Waals surface area contributed by atoms with Crippen molar-refractivity contribution in [2.24, 2.45) is 0 Å². The molecule has 0 radical (unpaired) electrons. The number of carbonyl (C=O) groups is 1. The molecule has 1 saturated heterocycles. The van der Waals surface area contributed by atoms with Crippen molar-refractivity contribution in [3.05, 3.63) is 0 Å². The van der Waals surface area contributed by atoms with Crippen molar-refractivity contribution in [3.63, 3.8) is 0 Å². The lowest BCUT2D eigenvalue weighted by Crippen LogP contribution is -2.50. The third-order valence-electron chi connectivity index (χ3n) is 4.69. The fraction of sp³-hybridized carbons (Fsp3) is 0.938. The van der Waals surface area contributed by atoms with E-state index in [0.29, 0.717) is 12.1 Å². The van der Waals surface area contributed by atoms with Crippen molar-refractivity contribution in [3.8, 4) is 0 Å². The lowest BCUT2D eigenvalue weighted by molar-refractivity contribution is -0.148. The van der Waals surface area contributed by atoms with E-state index in [0.717, 1.165) is 38.8 Å². The average Bonchev–Trinajstić information content (AvgIpc) is 2.75. The van der Waals surface area contributed by atoms with Gasteiger partial charge in [0.2, 0.25) is 0 Å². The van der Waals surface area contributed by atoms with Crippen LogP contribution in [0, 0.1) is 0 Å². The zero-order valence-corrected chi connectivity index (χ0v) is 13.1. The minimum absolute atomic E-state index is 0.175. The second-order valence-electron chi connectivity index (χ2n) is 6.30. The molecule has 0 aromatic rings. The third kappa shape index (κ3) is 4.45. The van der Waals surface area contributed by atoms with Crippen LogP contribution < -0.4 is 5.32 Å². The summed E-state index contributed by atoms with van der Waals surface area (Å²) in [5.74, 6) is 0.175. The van der Waals surface area contributed by atoms with Crippen LogP contribution in [-0.2, 0) is 9.53 Å². The molecule has 0 bridgehead atoms. The van der Waals surface area contributed by atoms with Crippen molar-refractivity contribution < 1.29 is 9.53 Å². The predicted molar refractivity (Wildman–Crippen MR) is 80.7 cm³/mol. The molecule has 2 rings (SSSR count). The van der Waals surface area contributed by atoms with Gasteiger partial charge in [-0.05, 0) is 39.7 Å². The first-order valence-corrected chi connectivity index (χ1v) is 8.32. The number of nitrogens with zero attached hydrogens (tertiary/aromatic N) is 1. The molecule has 2 aliphatic rings. The Morgan fingerprint density at radius 1 is 1.15 bits per heavy atom. The summed E-state index contributed by atoms with van der Waals surface area (Å²) in [6.45, 7) is 3.64. The van der Waals surface area contributed by atoms with E-state index < -0.39 is 0 Å². The van der Waals surface area contributed by atoms with Crippen LogP contribution in [-0.4, -0.2) is 49.2 Å². The smallest absolute Gasteiger partial charge is 0.251 e. The Bertz CT molecular complexity index is 301. The van der Waals surface area contributed by atoms with Crippen LogP contribution in [0.3, 0.4) is 0 Å². The molecule has 0 aromatic heterocycles. The van der Waals surface area contributed by atoms with Gasteiger partial charge in [0, 0.05) is 19.1 Å². The molecule has 1 saturated carbocycles. The van der Waals surface area contributed by atoms with Crippen molar-refractivity contribution in [1.82, 2.24) is 10.2 Å². The zero-order chi connectivity index (χ0) is 14.4. The lowest BCUT2D eigenvalue weighted by Gasteiger charge is -2.34. The molecule has 1 heterocycles. The van der Waals surface area contributed by atoms with E-state index in [4.69, 9.17) is 4.74 Å². The summed E-state index contributed by atoms with van der Waals surface area (Å²) in [7, 11) is 1.98. The van der Waals surface area contributed by atoms with Crippen LogP contribution in [0.5, 0.6) is 0 Å². The van der Waals surface area contributed by atoms with Crippen molar-refractivity contribution in [2.45, 2.75) is 76.5 Å². The van der Waals surface area contributed by atoms with Crippen LogP contribution >= 0.6 is 0 Å². The van der Waals surface area contributed by atoms with Gasteiger partial charge in [0.05, 0.1) is 6.10 Å². The summed E-state index contributed by atoms with van der Waals surface area (Å²) in [5.41, 5.74) is 0. The van der Waals surface area contributed by atoms with Gasteiger partial charge in [0.15, 0.2) is 0 Å². The Hall–Kier alpha value is -0.610. The van der Waals surface area contributed by atoms with Gasteiger partial charge in [-0.1, -0.05) is 25.7 Å². The van der Waals surface area contributed by atoms with E-state index in [-0.39, 0.29) is 12.0 Å². The number of ether oxygens (including phenoxy) is 1. The molecule has 2 fully saturated rings. The zero-order valence-electron chi connectivity index (χ0n) is 13.1. The first kappa shape index (κ1) is 15.8. The molecule has 116 valence electrons. The standard InChI is InChI=1S/C16H30N2O2/c1-13(20-15-9-5-3-4-6-10-15)16(19)18-11-7-8-14(12-18)17-2/h13-15,17H,3-12H2,1-2H3. The molecule has 0 spiro atoms. The molecule has 4 nitrogen and oxygen atoms in total. The molecule has 4 heteroatoms. The van der Waals surface area contributed by atoms with Gasteiger partial charge in [-0.3, -0.25) is 4.79 Å². The van der Waals surface area contributed by atoms with E-state index in [2.05, 4.69) is 5.32 Å². The molecule has 2 unspecified atom stereocenters. The minimum Gasteiger partial charge on any atom is -0.365 e. The van der Waals surface area contributed by atoms with Crippen LogP contribution in [0.15, 0.2) is 0 Å². The highest BCUT2D eigenvalue weighted by Gasteiger charge is 2.28. The number of likely N-dealkylation sites (tertiary alicyclic amines) is 1. The van der Waals surface area contributed by atoms with E-state index in [9.17, 15) is 4.79 Å². The number of likely N-dealkylation sites (N-methyl/N-ethyl adjacent to an activating group) is 1. The minimum atomic E-state index is -0.284. The third-order valence-corrected chi connectivity index (χ3v) is 4.69. The molecule has 1 aliphatic heterocycles. The molecule has 1 N–H and O–H groups in total.